The van der Waals surface area contributed by atoms with E-state index in [1.54, 1.807) is 13.8 Å². The molecule has 22 heavy (non-hydrogen) atoms. The zero-order chi connectivity index (χ0) is 17.8. The Morgan fingerprint density at radius 3 is 2.00 bits per heavy atom. The van der Waals surface area contributed by atoms with Gasteiger partial charge in [0.15, 0.2) is 0 Å². The Hall–Kier alpha value is -1.14. The van der Waals surface area contributed by atoms with E-state index >= 15 is 0 Å². The molecule has 0 radical (unpaired) electrons. The predicted octanol–water partition coefficient (Wildman–Crippen LogP) is 5.28. The van der Waals surface area contributed by atoms with Crippen LogP contribution in [0.1, 0.15) is 53.4 Å². The molecule has 7 heteroatoms. The minimum absolute atomic E-state index is 0.0270. The highest BCUT2D eigenvalue weighted by Gasteiger charge is 2.45. The van der Waals surface area contributed by atoms with Crippen molar-refractivity contribution < 1.29 is 31.5 Å². The van der Waals surface area contributed by atoms with Crippen LogP contribution in [0.15, 0.2) is 12.2 Å². The zero-order valence-electron chi connectivity index (χ0n) is 13.3. The maximum atomic E-state index is 13.4. The van der Waals surface area contributed by atoms with Crippen molar-refractivity contribution in [1.29, 1.82) is 0 Å². The fourth-order valence-corrected chi connectivity index (χ4v) is 2.20. The van der Waals surface area contributed by atoms with Crippen LogP contribution in [-0.2, 0) is 9.53 Å². The number of carbonyl (C=O) groups excluding carboxylic acids is 1. The predicted molar refractivity (Wildman–Crippen MR) is 73.6 cm³/mol. The molecule has 0 heterocycles. The normalized spacial score (nSPS) is 15.5. The molecule has 0 aliphatic heterocycles. The molecule has 1 atom stereocenters. The standard InChI is InChI=1S/C15H23F5O2/c1-10(2)8-13(5,22-12(21)11(3)4)6-7-14(16,17)9-15(18,19)20/h10H,3,6-9H2,1-2,4-5H3. The van der Waals surface area contributed by atoms with Crippen molar-refractivity contribution >= 4 is 5.97 Å². The minimum Gasteiger partial charge on any atom is -0.456 e. The molecular weight excluding hydrogens is 307 g/mol. The van der Waals surface area contributed by atoms with Crippen molar-refractivity contribution in [1.82, 2.24) is 0 Å². The van der Waals surface area contributed by atoms with Crippen LogP contribution in [0.4, 0.5) is 22.0 Å². The van der Waals surface area contributed by atoms with Gasteiger partial charge in [-0.3, -0.25) is 0 Å². The summed E-state index contributed by atoms with van der Waals surface area (Å²) in [5.41, 5.74) is -1.14. The first-order valence-electron chi connectivity index (χ1n) is 6.99. The summed E-state index contributed by atoms with van der Waals surface area (Å²) < 4.78 is 68.4. The number of carbonyl (C=O) groups is 1. The summed E-state index contributed by atoms with van der Waals surface area (Å²) in [6.07, 6.45) is -8.20. The number of esters is 1. The summed E-state index contributed by atoms with van der Waals surface area (Å²) >= 11 is 0. The third-order valence-corrected chi connectivity index (χ3v) is 3.01. The summed E-state index contributed by atoms with van der Waals surface area (Å²) in [4.78, 5) is 11.6. The second-order valence-electron chi connectivity index (χ2n) is 6.37. The molecule has 0 aromatic carbocycles. The average molecular weight is 330 g/mol. The van der Waals surface area contributed by atoms with Gasteiger partial charge in [-0.05, 0) is 32.6 Å². The molecule has 0 aromatic rings. The first kappa shape index (κ1) is 20.9. The third-order valence-electron chi connectivity index (χ3n) is 3.01. The van der Waals surface area contributed by atoms with Crippen LogP contribution in [0, 0.1) is 5.92 Å². The lowest BCUT2D eigenvalue weighted by Crippen LogP contribution is -2.36. The number of alkyl halides is 5. The monoisotopic (exact) mass is 330 g/mol. The van der Waals surface area contributed by atoms with E-state index in [9.17, 15) is 26.7 Å². The van der Waals surface area contributed by atoms with E-state index in [0.717, 1.165) is 0 Å². The summed E-state index contributed by atoms with van der Waals surface area (Å²) in [5.74, 6) is -4.59. The fourth-order valence-electron chi connectivity index (χ4n) is 2.20. The zero-order valence-corrected chi connectivity index (χ0v) is 13.3. The molecule has 0 spiro atoms. The van der Waals surface area contributed by atoms with Crippen molar-refractivity contribution in [2.45, 2.75) is 71.1 Å². The van der Waals surface area contributed by atoms with Crippen LogP contribution < -0.4 is 0 Å². The highest BCUT2D eigenvalue weighted by Crippen LogP contribution is 2.38. The molecule has 0 amide bonds. The van der Waals surface area contributed by atoms with E-state index in [-0.39, 0.29) is 24.3 Å². The molecule has 0 aliphatic carbocycles. The summed E-state index contributed by atoms with van der Waals surface area (Å²) in [5, 5.41) is 0. The summed E-state index contributed by atoms with van der Waals surface area (Å²) in [6.45, 7) is 9.89. The van der Waals surface area contributed by atoms with Gasteiger partial charge in [0.25, 0.3) is 5.92 Å². The van der Waals surface area contributed by atoms with Gasteiger partial charge in [-0.25, -0.2) is 13.6 Å². The number of ether oxygens (including phenoxy) is 1. The van der Waals surface area contributed by atoms with E-state index in [0.29, 0.717) is 0 Å². The molecule has 0 N–H and O–H groups in total. The summed E-state index contributed by atoms with van der Waals surface area (Å²) in [6, 6.07) is 0. The van der Waals surface area contributed by atoms with E-state index in [1.807, 2.05) is 0 Å². The lowest BCUT2D eigenvalue weighted by Gasteiger charge is -2.33. The van der Waals surface area contributed by atoms with Gasteiger partial charge >= 0.3 is 12.1 Å². The average Bonchev–Trinajstić information content (AvgIpc) is 2.22. The van der Waals surface area contributed by atoms with Crippen LogP contribution in [0.25, 0.3) is 0 Å². The van der Waals surface area contributed by atoms with Gasteiger partial charge in [-0.2, -0.15) is 13.2 Å². The van der Waals surface area contributed by atoms with Gasteiger partial charge in [0, 0.05) is 12.0 Å². The highest BCUT2D eigenvalue weighted by atomic mass is 19.4. The number of hydrogen-bond acceptors (Lipinski definition) is 2. The number of halogens is 5. The molecule has 0 fully saturated rings. The van der Waals surface area contributed by atoms with E-state index < -0.39 is 36.5 Å². The Kier molecular flexibility index (Phi) is 7.03. The molecule has 1 unspecified atom stereocenters. The largest absolute Gasteiger partial charge is 0.456 e. The Morgan fingerprint density at radius 2 is 1.64 bits per heavy atom. The van der Waals surface area contributed by atoms with Gasteiger partial charge in [0.05, 0.1) is 0 Å². The first-order valence-corrected chi connectivity index (χ1v) is 6.99. The van der Waals surface area contributed by atoms with Gasteiger partial charge < -0.3 is 4.74 Å². The van der Waals surface area contributed by atoms with Crippen LogP contribution in [0.2, 0.25) is 0 Å². The van der Waals surface area contributed by atoms with Crippen LogP contribution in [0.5, 0.6) is 0 Å². The fraction of sp³-hybridized carbons (Fsp3) is 0.800. The first-order chi connectivity index (χ1) is 9.66. The van der Waals surface area contributed by atoms with Gasteiger partial charge in [0.2, 0.25) is 0 Å². The minimum atomic E-state index is -4.94. The number of hydrogen-bond donors (Lipinski definition) is 0. The maximum absolute atomic E-state index is 13.4. The van der Waals surface area contributed by atoms with Crippen LogP contribution in [-0.4, -0.2) is 23.7 Å². The van der Waals surface area contributed by atoms with Crippen molar-refractivity contribution in [3.8, 4) is 0 Å². The molecule has 0 aromatic heterocycles. The maximum Gasteiger partial charge on any atom is 0.394 e. The Morgan fingerprint density at radius 1 is 1.14 bits per heavy atom. The molecular formula is C15H23F5O2. The Labute approximate surface area is 127 Å². The van der Waals surface area contributed by atoms with Crippen molar-refractivity contribution in [2.75, 3.05) is 0 Å². The molecule has 0 rings (SSSR count). The highest BCUT2D eigenvalue weighted by molar-refractivity contribution is 5.87. The van der Waals surface area contributed by atoms with Gasteiger partial charge in [-0.1, -0.05) is 20.4 Å². The van der Waals surface area contributed by atoms with Crippen molar-refractivity contribution in [3.05, 3.63) is 12.2 Å². The van der Waals surface area contributed by atoms with E-state index in [2.05, 4.69) is 6.58 Å². The quantitative estimate of drug-likeness (QED) is 0.344. The Bertz CT molecular complexity index is 401. The second kappa shape index (κ2) is 7.42. The lowest BCUT2D eigenvalue weighted by atomic mass is 9.88. The van der Waals surface area contributed by atoms with Crippen LogP contribution >= 0.6 is 0 Å². The summed E-state index contributed by atoms with van der Waals surface area (Å²) in [7, 11) is 0. The molecule has 0 aliphatic rings. The second-order valence-corrected chi connectivity index (χ2v) is 6.37. The molecule has 0 saturated heterocycles. The molecule has 0 saturated carbocycles. The molecule has 0 bridgehead atoms. The van der Waals surface area contributed by atoms with Crippen LogP contribution in [0.3, 0.4) is 0 Å². The van der Waals surface area contributed by atoms with E-state index in [1.165, 1.54) is 13.8 Å². The SMILES string of the molecule is C=C(C)C(=O)OC(C)(CCC(F)(F)CC(F)(F)F)CC(C)C. The van der Waals surface area contributed by atoms with Crippen molar-refractivity contribution in [3.63, 3.8) is 0 Å². The van der Waals surface area contributed by atoms with Gasteiger partial charge in [0.1, 0.15) is 12.0 Å². The van der Waals surface area contributed by atoms with Gasteiger partial charge in [-0.15, -0.1) is 0 Å². The molecule has 2 nitrogen and oxygen atoms in total. The van der Waals surface area contributed by atoms with E-state index in [4.69, 9.17) is 4.74 Å². The topological polar surface area (TPSA) is 26.3 Å². The lowest BCUT2D eigenvalue weighted by molar-refractivity contribution is -0.194. The van der Waals surface area contributed by atoms with Crippen molar-refractivity contribution in [2.24, 2.45) is 5.92 Å². The smallest absolute Gasteiger partial charge is 0.394 e. The third kappa shape index (κ3) is 9.00. The molecule has 130 valence electrons. The Balaban J connectivity index is 4.92. The number of rotatable bonds is 8.